The molecule has 1 atom stereocenters. The normalized spacial score (nSPS) is 19.5. The number of hydrogen-bond acceptors (Lipinski definition) is 4. The molecule has 0 spiro atoms. The van der Waals surface area contributed by atoms with Gasteiger partial charge in [-0.1, -0.05) is 30.7 Å². The zero-order chi connectivity index (χ0) is 18.8. The van der Waals surface area contributed by atoms with E-state index in [-0.39, 0.29) is 17.3 Å². The second kappa shape index (κ2) is 7.89. The average Bonchev–Trinajstić information content (AvgIpc) is 3.52. The van der Waals surface area contributed by atoms with Gasteiger partial charge in [0.15, 0.2) is 0 Å². The third kappa shape index (κ3) is 3.81. The highest BCUT2D eigenvalue weighted by Gasteiger charge is 2.29. The third-order valence-corrected chi connectivity index (χ3v) is 6.03. The van der Waals surface area contributed by atoms with Crippen LogP contribution in [-0.2, 0) is 17.6 Å². The first-order chi connectivity index (χ1) is 13.2. The summed E-state index contributed by atoms with van der Waals surface area (Å²) in [5.74, 6) is 1.60. The molecule has 1 unspecified atom stereocenters. The van der Waals surface area contributed by atoms with Crippen molar-refractivity contribution in [2.45, 2.75) is 63.2 Å². The minimum absolute atomic E-state index is 0.147. The Morgan fingerprint density at radius 3 is 2.78 bits per heavy atom. The van der Waals surface area contributed by atoms with E-state index in [9.17, 15) is 9.90 Å². The maximum absolute atomic E-state index is 12.8. The van der Waals surface area contributed by atoms with Crippen LogP contribution < -0.4 is 5.63 Å². The molecule has 0 aliphatic heterocycles. The lowest BCUT2D eigenvalue weighted by Gasteiger charge is -2.18. The van der Waals surface area contributed by atoms with Gasteiger partial charge >= 0.3 is 5.63 Å². The van der Waals surface area contributed by atoms with Crippen LogP contribution in [0, 0.1) is 0 Å². The van der Waals surface area contributed by atoms with Crippen molar-refractivity contribution in [1.82, 2.24) is 0 Å². The monoisotopic (exact) mass is 368 g/mol. The molecule has 1 fully saturated rings. The molecule has 1 N–H and O–H groups in total. The Bertz CT molecular complexity index is 863. The van der Waals surface area contributed by atoms with Crippen molar-refractivity contribution in [3.05, 3.63) is 62.7 Å². The van der Waals surface area contributed by atoms with Gasteiger partial charge in [-0.05, 0) is 55.6 Å². The quantitative estimate of drug-likeness (QED) is 0.754. The minimum Gasteiger partial charge on any atom is -0.507 e. The van der Waals surface area contributed by atoms with Gasteiger partial charge in [0, 0.05) is 31.6 Å². The maximum Gasteiger partial charge on any atom is 0.343 e. The van der Waals surface area contributed by atoms with Crippen molar-refractivity contribution in [2.75, 3.05) is 13.7 Å². The van der Waals surface area contributed by atoms with Gasteiger partial charge in [0.25, 0.3) is 0 Å². The summed E-state index contributed by atoms with van der Waals surface area (Å²) in [5.41, 5.74) is 3.30. The molecule has 0 radical (unpaired) electrons. The van der Waals surface area contributed by atoms with Gasteiger partial charge in [0.1, 0.15) is 11.5 Å². The molecule has 1 heterocycles. The van der Waals surface area contributed by atoms with Crippen LogP contribution >= 0.6 is 0 Å². The Hall–Kier alpha value is -2.07. The van der Waals surface area contributed by atoms with Gasteiger partial charge in [-0.3, -0.25) is 0 Å². The van der Waals surface area contributed by atoms with Crippen molar-refractivity contribution < 1.29 is 14.3 Å². The van der Waals surface area contributed by atoms with Gasteiger partial charge in [-0.2, -0.15) is 0 Å². The topological polar surface area (TPSA) is 59.7 Å². The SMILES string of the molecule is COCCC1CCCCc2c1oc(=O)c(Cc1ccccc1C1CC1)c2O. The molecule has 144 valence electrons. The highest BCUT2D eigenvalue weighted by atomic mass is 16.5. The van der Waals surface area contributed by atoms with Gasteiger partial charge in [-0.25, -0.2) is 4.79 Å². The van der Waals surface area contributed by atoms with E-state index in [4.69, 9.17) is 9.15 Å². The summed E-state index contributed by atoms with van der Waals surface area (Å²) >= 11 is 0. The largest absolute Gasteiger partial charge is 0.507 e. The molecule has 1 aromatic heterocycles. The molecular formula is C23H28O4. The van der Waals surface area contributed by atoms with Crippen molar-refractivity contribution in [2.24, 2.45) is 0 Å². The highest BCUT2D eigenvalue weighted by molar-refractivity contribution is 5.46. The van der Waals surface area contributed by atoms with Crippen LogP contribution in [0.2, 0.25) is 0 Å². The van der Waals surface area contributed by atoms with Gasteiger partial charge in [0.2, 0.25) is 0 Å². The van der Waals surface area contributed by atoms with Crippen molar-refractivity contribution in [3.63, 3.8) is 0 Å². The fraction of sp³-hybridized carbons (Fsp3) is 0.522. The number of fused-ring (bicyclic) bond motifs is 1. The van der Waals surface area contributed by atoms with Crippen LogP contribution in [0.3, 0.4) is 0 Å². The molecule has 2 aromatic rings. The van der Waals surface area contributed by atoms with Crippen molar-refractivity contribution in [1.29, 1.82) is 0 Å². The third-order valence-electron chi connectivity index (χ3n) is 6.03. The zero-order valence-corrected chi connectivity index (χ0v) is 16.0. The van der Waals surface area contributed by atoms with Crippen LogP contribution in [0.1, 0.15) is 78.4 Å². The molecule has 0 bridgehead atoms. The smallest absolute Gasteiger partial charge is 0.343 e. The fourth-order valence-electron chi connectivity index (χ4n) is 4.38. The van der Waals surface area contributed by atoms with Crippen LogP contribution in [0.4, 0.5) is 0 Å². The number of aromatic hydroxyl groups is 1. The molecular weight excluding hydrogens is 340 g/mol. The van der Waals surface area contributed by atoms with Crippen molar-refractivity contribution in [3.8, 4) is 5.75 Å². The summed E-state index contributed by atoms with van der Waals surface area (Å²) in [7, 11) is 1.69. The number of rotatable bonds is 6. The Morgan fingerprint density at radius 2 is 2.00 bits per heavy atom. The van der Waals surface area contributed by atoms with E-state index in [0.717, 1.165) is 43.2 Å². The molecule has 1 saturated carbocycles. The Labute approximate surface area is 160 Å². The first kappa shape index (κ1) is 18.3. The number of methoxy groups -OCH3 is 1. The van der Waals surface area contributed by atoms with E-state index in [0.29, 0.717) is 30.3 Å². The lowest BCUT2D eigenvalue weighted by molar-refractivity contribution is 0.181. The molecule has 4 rings (SSSR count). The summed E-state index contributed by atoms with van der Waals surface area (Å²) in [5, 5.41) is 11.0. The second-order valence-electron chi connectivity index (χ2n) is 7.93. The standard InChI is InChI=1S/C23H28O4/c1-26-13-12-16-6-2-5-9-19-21(24)20(23(25)27-22(16)19)14-17-7-3-4-8-18(17)15-10-11-15/h3-4,7-8,15-16,24H,2,5-6,9-14H2,1H3. The molecule has 1 aromatic carbocycles. The molecule has 4 nitrogen and oxygen atoms in total. The predicted molar refractivity (Wildman–Crippen MR) is 105 cm³/mol. The van der Waals surface area contributed by atoms with E-state index in [2.05, 4.69) is 18.2 Å². The Morgan fingerprint density at radius 1 is 1.19 bits per heavy atom. The summed E-state index contributed by atoms with van der Waals surface area (Å²) in [4.78, 5) is 12.8. The second-order valence-corrected chi connectivity index (χ2v) is 7.93. The van der Waals surface area contributed by atoms with Gasteiger partial charge < -0.3 is 14.3 Å². The number of ether oxygens (including phenoxy) is 1. The first-order valence-corrected chi connectivity index (χ1v) is 10.1. The van der Waals surface area contributed by atoms with E-state index >= 15 is 0 Å². The summed E-state index contributed by atoms with van der Waals surface area (Å²) in [6.45, 7) is 0.630. The molecule has 0 saturated heterocycles. The van der Waals surface area contributed by atoms with Gasteiger partial charge in [0.05, 0.1) is 5.56 Å². The lowest BCUT2D eigenvalue weighted by Crippen LogP contribution is -2.15. The summed E-state index contributed by atoms with van der Waals surface area (Å²) in [6.07, 6.45) is 7.51. The minimum atomic E-state index is -0.388. The van der Waals surface area contributed by atoms with Crippen LogP contribution in [0.25, 0.3) is 0 Å². The van der Waals surface area contributed by atoms with E-state index in [1.165, 1.54) is 18.4 Å². The molecule has 2 aliphatic carbocycles. The first-order valence-electron chi connectivity index (χ1n) is 10.1. The van der Waals surface area contributed by atoms with Crippen LogP contribution in [0.15, 0.2) is 33.5 Å². The molecule has 2 aliphatic rings. The van der Waals surface area contributed by atoms with E-state index in [1.54, 1.807) is 7.11 Å². The van der Waals surface area contributed by atoms with Crippen LogP contribution in [0.5, 0.6) is 5.75 Å². The Kier molecular flexibility index (Phi) is 5.35. The summed E-state index contributed by atoms with van der Waals surface area (Å²) in [6, 6.07) is 8.27. The van der Waals surface area contributed by atoms with Gasteiger partial charge in [-0.15, -0.1) is 0 Å². The van der Waals surface area contributed by atoms with Crippen molar-refractivity contribution >= 4 is 0 Å². The lowest BCUT2D eigenvalue weighted by atomic mass is 9.93. The predicted octanol–water partition coefficient (Wildman–Crippen LogP) is 4.66. The Balaban J connectivity index is 1.71. The molecule has 4 heteroatoms. The highest BCUT2D eigenvalue weighted by Crippen LogP contribution is 2.43. The molecule has 0 amide bonds. The van der Waals surface area contributed by atoms with E-state index < -0.39 is 0 Å². The molecule has 27 heavy (non-hydrogen) atoms. The average molecular weight is 368 g/mol. The number of hydrogen-bond donors (Lipinski definition) is 1. The number of benzene rings is 1. The summed E-state index contributed by atoms with van der Waals surface area (Å²) < 4.78 is 11.0. The maximum atomic E-state index is 12.8. The zero-order valence-electron chi connectivity index (χ0n) is 16.0. The van der Waals surface area contributed by atoms with E-state index in [1.807, 2.05) is 6.07 Å². The fourth-order valence-corrected chi connectivity index (χ4v) is 4.38. The van der Waals surface area contributed by atoms with Crippen LogP contribution in [-0.4, -0.2) is 18.8 Å².